The largest absolute Gasteiger partial charge is 0.497 e. The number of carbonyl (C=O) groups excluding carboxylic acids is 1. The molecule has 0 saturated heterocycles. The fraction of sp³-hybridized carbons (Fsp3) is 0.222. The topological polar surface area (TPSA) is 79.2 Å². The van der Waals surface area contributed by atoms with Crippen molar-refractivity contribution in [2.45, 2.75) is 12.8 Å². The van der Waals surface area contributed by atoms with Gasteiger partial charge in [-0.15, -0.1) is 0 Å². The van der Waals surface area contributed by atoms with Crippen LogP contribution in [0.15, 0.2) is 65.1 Å². The highest BCUT2D eigenvalue weighted by Crippen LogP contribution is 2.42. The van der Waals surface area contributed by atoms with Crippen LogP contribution < -0.4 is 24.3 Å². The Hall–Kier alpha value is -4.13. The van der Waals surface area contributed by atoms with Crippen molar-refractivity contribution in [3.8, 4) is 34.3 Å². The van der Waals surface area contributed by atoms with Gasteiger partial charge < -0.3 is 28.7 Å². The van der Waals surface area contributed by atoms with Crippen LogP contribution in [0.3, 0.4) is 0 Å². The van der Waals surface area contributed by atoms with Crippen LogP contribution in [-0.4, -0.2) is 33.5 Å². The first-order valence-electron chi connectivity index (χ1n) is 11.0. The molecule has 1 aromatic heterocycles. The summed E-state index contributed by atoms with van der Waals surface area (Å²) in [6, 6.07) is 19.1. The van der Waals surface area contributed by atoms with E-state index in [4.69, 9.17) is 23.4 Å². The van der Waals surface area contributed by atoms with Crippen molar-refractivity contribution in [2.24, 2.45) is 0 Å². The van der Waals surface area contributed by atoms with Gasteiger partial charge in [-0.05, 0) is 54.4 Å². The lowest BCUT2D eigenvalue weighted by atomic mass is 10.0. The van der Waals surface area contributed by atoms with Gasteiger partial charge in [0, 0.05) is 29.1 Å². The lowest BCUT2D eigenvalue weighted by Gasteiger charge is -2.08. The van der Waals surface area contributed by atoms with Crippen LogP contribution in [0.5, 0.6) is 23.0 Å². The van der Waals surface area contributed by atoms with E-state index in [2.05, 4.69) is 5.32 Å². The summed E-state index contributed by atoms with van der Waals surface area (Å²) < 4.78 is 27.7. The smallest absolute Gasteiger partial charge is 0.231 e. The molecule has 0 bridgehead atoms. The molecular formula is C27H25NO6. The van der Waals surface area contributed by atoms with Gasteiger partial charge in [0.1, 0.15) is 22.8 Å². The second-order valence-corrected chi connectivity index (χ2v) is 7.96. The third-order valence-corrected chi connectivity index (χ3v) is 5.87. The summed E-state index contributed by atoms with van der Waals surface area (Å²) in [5, 5.41) is 3.86. The maximum Gasteiger partial charge on any atom is 0.231 e. The fourth-order valence-electron chi connectivity index (χ4n) is 4.05. The summed E-state index contributed by atoms with van der Waals surface area (Å²) in [7, 11) is 3.27. The Kier molecular flexibility index (Phi) is 5.99. The number of amides is 1. The molecule has 1 aliphatic rings. The number of ether oxygens (including phenoxy) is 4. The van der Waals surface area contributed by atoms with Gasteiger partial charge in [-0.2, -0.15) is 0 Å². The lowest BCUT2D eigenvalue weighted by Crippen LogP contribution is -2.27. The summed E-state index contributed by atoms with van der Waals surface area (Å²) in [6.07, 6.45) is 0.905. The molecule has 7 heteroatoms. The Balaban J connectivity index is 1.38. The first kappa shape index (κ1) is 21.7. The predicted molar refractivity (Wildman–Crippen MR) is 128 cm³/mol. The zero-order chi connectivity index (χ0) is 23.5. The molecule has 1 aliphatic heterocycles. The van der Waals surface area contributed by atoms with Crippen LogP contribution >= 0.6 is 0 Å². The van der Waals surface area contributed by atoms with Gasteiger partial charge in [-0.3, -0.25) is 4.79 Å². The molecule has 2 heterocycles. The van der Waals surface area contributed by atoms with Crippen LogP contribution in [0, 0.1) is 0 Å². The number of furan rings is 1. The van der Waals surface area contributed by atoms with Gasteiger partial charge in [-0.1, -0.05) is 12.1 Å². The Morgan fingerprint density at radius 1 is 0.912 bits per heavy atom. The van der Waals surface area contributed by atoms with Gasteiger partial charge in [0.15, 0.2) is 11.5 Å². The van der Waals surface area contributed by atoms with E-state index in [-0.39, 0.29) is 19.1 Å². The summed E-state index contributed by atoms with van der Waals surface area (Å²) in [5.41, 5.74) is 3.44. The Labute approximate surface area is 197 Å². The van der Waals surface area contributed by atoms with Crippen LogP contribution in [0.4, 0.5) is 0 Å². The molecule has 1 N–H and O–H groups in total. The van der Waals surface area contributed by atoms with Crippen molar-refractivity contribution >= 4 is 16.9 Å². The Morgan fingerprint density at radius 2 is 1.56 bits per heavy atom. The molecule has 3 aromatic carbocycles. The van der Waals surface area contributed by atoms with E-state index in [1.54, 1.807) is 14.2 Å². The maximum absolute atomic E-state index is 12.9. The molecule has 0 saturated carbocycles. The molecular weight excluding hydrogens is 434 g/mol. The average Bonchev–Trinajstić information content (AvgIpc) is 3.47. The number of benzene rings is 3. The number of methoxy groups -OCH3 is 2. The molecule has 7 nitrogen and oxygen atoms in total. The van der Waals surface area contributed by atoms with Crippen molar-refractivity contribution in [3.63, 3.8) is 0 Å². The quantitative estimate of drug-likeness (QED) is 0.410. The van der Waals surface area contributed by atoms with Crippen LogP contribution in [0.2, 0.25) is 0 Å². The molecule has 0 atom stereocenters. The third kappa shape index (κ3) is 4.37. The first-order chi connectivity index (χ1) is 16.6. The molecule has 34 heavy (non-hydrogen) atoms. The number of hydrogen-bond donors (Lipinski definition) is 1. The van der Waals surface area contributed by atoms with Crippen LogP contribution in [-0.2, 0) is 17.6 Å². The van der Waals surface area contributed by atoms with Crippen LogP contribution in [0.1, 0.15) is 11.1 Å². The van der Waals surface area contributed by atoms with Crippen LogP contribution in [0.25, 0.3) is 22.3 Å². The van der Waals surface area contributed by atoms with E-state index in [0.717, 1.165) is 40.0 Å². The predicted octanol–water partition coefficient (Wildman–Crippen LogP) is 4.75. The number of hydrogen-bond acceptors (Lipinski definition) is 6. The van der Waals surface area contributed by atoms with E-state index in [1.165, 1.54) is 0 Å². The van der Waals surface area contributed by atoms with E-state index < -0.39 is 0 Å². The molecule has 4 aromatic rings. The summed E-state index contributed by atoms with van der Waals surface area (Å²) in [5.74, 6) is 3.41. The normalized spacial score (nSPS) is 12.1. The molecule has 0 fully saturated rings. The summed E-state index contributed by atoms with van der Waals surface area (Å²) in [6.45, 7) is 0.708. The highest BCUT2D eigenvalue weighted by molar-refractivity contribution is 5.94. The van der Waals surface area contributed by atoms with E-state index in [1.807, 2.05) is 60.7 Å². The number of fused-ring (bicyclic) bond motifs is 2. The van der Waals surface area contributed by atoms with Crippen molar-refractivity contribution in [2.75, 3.05) is 27.6 Å². The molecule has 5 rings (SSSR count). The second-order valence-electron chi connectivity index (χ2n) is 7.96. The highest BCUT2D eigenvalue weighted by atomic mass is 16.7. The van der Waals surface area contributed by atoms with Crippen molar-refractivity contribution < 1.29 is 28.2 Å². The van der Waals surface area contributed by atoms with E-state index >= 15 is 0 Å². The van der Waals surface area contributed by atoms with Gasteiger partial charge >= 0.3 is 0 Å². The lowest BCUT2D eigenvalue weighted by molar-refractivity contribution is -0.120. The van der Waals surface area contributed by atoms with E-state index in [9.17, 15) is 4.79 Å². The minimum Gasteiger partial charge on any atom is -0.497 e. The second kappa shape index (κ2) is 9.39. The molecule has 0 unspecified atom stereocenters. The number of rotatable bonds is 8. The standard InChI is InChI=1S/C27H25NO6/c1-30-19-7-3-17(4-8-19)11-12-28-26(29)14-22-21-13-24-25(33-16-32-24)15-23(21)34-27(22)18-5-9-20(31-2)10-6-18/h3-10,13,15H,11-12,14,16H2,1-2H3,(H,28,29). The Morgan fingerprint density at radius 3 is 2.24 bits per heavy atom. The summed E-state index contributed by atoms with van der Waals surface area (Å²) >= 11 is 0. The minimum absolute atomic E-state index is 0.0800. The van der Waals surface area contributed by atoms with Crippen molar-refractivity contribution in [3.05, 3.63) is 71.8 Å². The fourth-order valence-corrected chi connectivity index (χ4v) is 4.05. The molecule has 174 valence electrons. The molecule has 0 aliphatic carbocycles. The van der Waals surface area contributed by atoms with E-state index in [0.29, 0.717) is 29.4 Å². The monoisotopic (exact) mass is 459 g/mol. The average molecular weight is 459 g/mol. The molecule has 0 spiro atoms. The summed E-state index contributed by atoms with van der Waals surface area (Å²) in [4.78, 5) is 12.9. The highest BCUT2D eigenvalue weighted by Gasteiger charge is 2.23. The zero-order valence-electron chi connectivity index (χ0n) is 19.1. The van der Waals surface area contributed by atoms with Crippen molar-refractivity contribution in [1.82, 2.24) is 5.32 Å². The number of carbonyl (C=O) groups is 1. The zero-order valence-corrected chi connectivity index (χ0v) is 19.1. The molecule has 0 radical (unpaired) electrons. The van der Waals surface area contributed by atoms with Gasteiger partial charge in [0.05, 0.1) is 20.6 Å². The maximum atomic E-state index is 12.9. The molecule has 1 amide bonds. The van der Waals surface area contributed by atoms with Gasteiger partial charge in [-0.25, -0.2) is 0 Å². The third-order valence-electron chi connectivity index (χ3n) is 5.87. The minimum atomic E-state index is -0.0800. The Bertz CT molecular complexity index is 1310. The SMILES string of the molecule is COc1ccc(CCNC(=O)Cc2c(-c3ccc(OC)cc3)oc3cc4c(cc23)OCO4)cc1. The van der Waals surface area contributed by atoms with Crippen molar-refractivity contribution in [1.29, 1.82) is 0 Å². The van der Waals surface area contributed by atoms with Gasteiger partial charge in [0.2, 0.25) is 12.7 Å². The first-order valence-corrected chi connectivity index (χ1v) is 11.0. The number of nitrogens with one attached hydrogen (secondary N) is 1. The van der Waals surface area contributed by atoms with Gasteiger partial charge in [0.25, 0.3) is 0 Å².